The molecule has 3 rings (SSSR count). The lowest BCUT2D eigenvalue weighted by Gasteiger charge is -2.08. The summed E-state index contributed by atoms with van der Waals surface area (Å²) in [5.74, 6) is -0.648. The van der Waals surface area contributed by atoms with Gasteiger partial charge in [-0.2, -0.15) is 5.10 Å². The summed E-state index contributed by atoms with van der Waals surface area (Å²) in [4.78, 5) is 27.8. The monoisotopic (exact) mass is 394 g/mol. The Labute approximate surface area is 170 Å². The predicted octanol–water partition coefficient (Wildman–Crippen LogP) is 3.35. The second-order valence-corrected chi connectivity index (χ2v) is 7.20. The summed E-state index contributed by atoms with van der Waals surface area (Å²) in [7, 11) is 0. The van der Waals surface area contributed by atoms with Crippen LogP contribution in [0.4, 0.5) is 0 Å². The van der Waals surface area contributed by atoms with Crippen molar-refractivity contribution in [1.82, 2.24) is 20.1 Å². The third-order valence-electron chi connectivity index (χ3n) is 4.62. The predicted molar refractivity (Wildman–Crippen MR) is 110 cm³/mol. The number of H-pyrrole nitrogens is 1. The van der Waals surface area contributed by atoms with Crippen LogP contribution in [0.2, 0.25) is 0 Å². The number of amides is 1. The standard InChI is InChI=1S/C22H26N4O3/c1-14(2)29-22(28)19-15(3)20(25-16(19)4)21(27)23-12-10-17-6-8-18(9-7-17)26-13-5-11-24-26/h5-9,11,13-14,25H,10,12H2,1-4H3,(H,23,27). The van der Waals surface area contributed by atoms with Crippen LogP contribution in [0.5, 0.6) is 0 Å². The van der Waals surface area contributed by atoms with Crippen molar-refractivity contribution >= 4 is 11.9 Å². The minimum Gasteiger partial charge on any atom is -0.459 e. The molecule has 29 heavy (non-hydrogen) atoms. The van der Waals surface area contributed by atoms with Gasteiger partial charge in [-0.05, 0) is 63.4 Å². The van der Waals surface area contributed by atoms with Crippen molar-refractivity contribution in [2.45, 2.75) is 40.2 Å². The minimum absolute atomic E-state index is 0.215. The summed E-state index contributed by atoms with van der Waals surface area (Å²) in [6.07, 6.45) is 4.11. The van der Waals surface area contributed by atoms with Crippen molar-refractivity contribution in [1.29, 1.82) is 0 Å². The Bertz CT molecular complexity index is 986. The van der Waals surface area contributed by atoms with E-state index in [1.165, 1.54) is 0 Å². The van der Waals surface area contributed by atoms with E-state index in [1.807, 2.05) is 36.5 Å². The number of aromatic nitrogens is 3. The molecule has 1 aromatic carbocycles. The normalized spacial score (nSPS) is 10.9. The number of aryl methyl sites for hydroxylation is 1. The molecule has 0 aliphatic heterocycles. The maximum Gasteiger partial charge on any atom is 0.340 e. The largest absolute Gasteiger partial charge is 0.459 e. The number of carbonyl (C=O) groups is 2. The van der Waals surface area contributed by atoms with E-state index in [0.29, 0.717) is 35.5 Å². The van der Waals surface area contributed by atoms with Crippen molar-refractivity contribution in [3.8, 4) is 5.69 Å². The fourth-order valence-corrected chi connectivity index (χ4v) is 3.20. The first-order valence-electron chi connectivity index (χ1n) is 9.64. The van der Waals surface area contributed by atoms with Crippen LogP contribution in [0.25, 0.3) is 5.69 Å². The third-order valence-corrected chi connectivity index (χ3v) is 4.62. The highest BCUT2D eigenvalue weighted by Gasteiger charge is 2.23. The molecule has 0 saturated heterocycles. The van der Waals surface area contributed by atoms with Gasteiger partial charge >= 0.3 is 5.97 Å². The van der Waals surface area contributed by atoms with Gasteiger partial charge in [0.15, 0.2) is 0 Å². The molecule has 0 radical (unpaired) electrons. The highest BCUT2D eigenvalue weighted by Crippen LogP contribution is 2.19. The van der Waals surface area contributed by atoms with E-state index < -0.39 is 5.97 Å². The topological polar surface area (TPSA) is 89.0 Å². The van der Waals surface area contributed by atoms with Gasteiger partial charge in [0.2, 0.25) is 0 Å². The number of nitrogens with one attached hydrogen (secondary N) is 2. The van der Waals surface area contributed by atoms with Crippen LogP contribution in [0.15, 0.2) is 42.7 Å². The lowest BCUT2D eigenvalue weighted by Crippen LogP contribution is -2.26. The second kappa shape index (κ2) is 8.77. The van der Waals surface area contributed by atoms with Gasteiger partial charge in [0, 0.05) is 24.6 Å². The molecule has 0 fully saturated rings. The van der Waals surface area contributed by atoms with E-state index in [1.54, 1.807) is 38.6 Å². The first-order chi connectivity index (χ1) is 13.9. The molecule has 1 amide bonds. The highest BCUT2D eigenvalue weighted by molar-refractivity contribution is 6.00. The molecular formula is C22H26N4O3. The average Bonchev–Trinajstić information content (AvgIpc) is 3.30. The smallest absolute Gasteiger partial charge is 0.340 e. The fraction of sp³-hybridized carbons (Fsp3) is 0.318. The molecule has 0 atom stereocenters. The molecule has 2 N–H and O–H groups in total. The molecule has 0 unspecified atom stereocenters. The lowest BCUT2D eigenvalue weighted by molar-refractivity contribution is 0.0376. The third kappa shape index (κ3) is 4.74. The van der Waals surface area contributed by atoms with E-state index in [2.05, 4.69) is 15.4 Å². The maximum atomic E-state index is 12.6. The Hall–Kier alpha value is -3.35. The van der Waals surface area contributed by atoms with Crippen LogP contribution >= 0.6 is 0 Å². The molecule has 0 aliphatic carbocycles. The van der Waals surface area contributed by atoms with Gasteiger partial charge in [-0.3, -0.25) is 4.79 Å². The number of hydrogen-bond acceptors (Lipinski definition) is 4. The van der Waals surface area contributed by atoms with Gasteiger partial charge < -0.3 is 15.0 Å². The zero-order valence-electron chi connectivity index (χ0n) is 17.2. The molecule has 0 saturated carbocycles. The van der Waals surface area contributed by atoms with Crippen molar-refractivity contribution in [2.24, 2.45) is 0 Å². The van der Waals surface area contributed by atoms with E-state index >= 15 is 0 Å². The molecular weight excluding hydrogens is 368 g/mol. The summed E-state index contributed by atoms with van der Waals surface area (Å²) in [6, 6.07) is 9.91. The van der Waals surface area contributed by atoms with Crippen LogP contribution in [-0.2, 0) is 11.2 Å². The van der Waals surface area contributed by atoms with Gasteiger partial charge in [-0.15, -0.1) is 0 Å². The number of esters is 1. The fourth-order valence-electron chi connectivity index (χ4n) is 3.20. The quantitative estimate of drug-likeness (QED) is 0.602. The van der Waals surface area contributed by atoms with E-state index in [4.69, 9.17) is 4.74 Å². The van der Waals surface area contributed by atoms with Gasteiger partial charge in [0.05, 0.1) is 17.4 Å². The number of rotatable bonds is 7. The lowest BCUT2D eigenvalue weighted by atomic mass is 10.1. The van der Waals surface area contributed by atoms with Crippen LogP contribution in [0.3, 0.4) is 0 Å². The van der Waals surface area contributed by atoms with Gasteiger partial charge in [-0.25, -0.2) is 9.48 Å². The van der Waals surface area contributed by atoms with Crippen LogP contribution in [-0.4, -0.2) is 39.3 Å². The first kappa shape index (κ1) is 20.4. The summed E-state index contributed by atoms with van der Waals surface area (Å²) >= 11 is 0. The zero-order chi connectivity index (χ0) is 21.0. The Morgan fingerprint density at radius 3 is 2.55 bits per heavy atom. The summed E-state index contributed by atoms with van der Waals surface area (Å²) in [6.45, 7) is 7.60. The molecule has 3 aromatic rings. The van der Waals surface area contributed by atoms with E-state index in [-0.39, 0.29) is 12.0 Å². The van der Waals surface area contributed by atoms with Crippen molar-refractivity contribution in [3.05, 3.63) is 70.8 Å². The van der Waals surface area contributed by atoms with Crippen LogP contribution < -0.4 is 5.32 Å². The Morgan fingerprint density at radius 1 is 1.21 bits per heavy atom. The number of benzene rings is 1. The molecule has 7 nitrogen and oxygen atoms in total. The number of aromatic amines is 1. The van der Waals surface area contributed by atoms with E-state index in [0.717, 1.165) is 11.3 Å². The van der Waals surface area contributed by atoms with Gasteiger partial charge in [0.1, 0.15) is 5.69 Å². The van der Waals surface area contributed by atoms with Crippen molar-refractivity contribution in [2.75, 3.05) is 6.54 Å². The van der Waals surface area contributed by atoms with Gasteiger partial charge in [-0.1, -0.05) is 12.1 Å². The van der Waals surface area contributed by atoms with E-state index in [9.17, 15) is 9.59 Å². The summed E-state index contributed by atoms with van der Waals surface area (Å²) in [5, 5.41) is 7.11. The molecule has 2 heterocycles. The molecule has 0 bridgehead atoms. The number of nitrogens with zero attached hydrogens (tertiary/aromatic N) is 2. The summed E-state index contributed by atoms with van der Waals surface area (Å²) < 4.78 is 7.06. The zero-order valence-corrected chi connectivity index (χ0v) is 17.2. The SMILES string of the molecule is Cc1[nH]c(C(=O)NCCc2ccc(-n3cccn3)cc2)c(C)c1C(=O)OC(C)C. The van der Waals surface area contributed by atoms with Crippen molar-refractivity contribution < 1.29 is 14.3 Å². The molecule has 152 valence electrons. The summed E-state index contributed by atoms with van der Waals surface area (Å²) in [5.41, 5.74) is 4.16. The van der Waals surface area contributed by atoms with Gasteiger partial charge in [0.25, 0.3) is 5.91 Å². The Morgan fingerprint density at radius 2 is 1.93 bits per heavy atom. The maximum absolute atomic E-state index is 12.6. The molecule has 7 heteroatoms. The van der Waals surface area contributed by atoms with Crippen LogP contribution in [0, 0.1) is 13.8 Å². The Balaban J connectivity index is 1.59. The van der Waals surface area contributed by atoms with Crippen LogP contribution in [0.1, 0.15) is 51.5 Å². The number of hydrogen-bond donors (Lipinski definition) is 2. The molecule has 0 aliphatic rings. The Kier molecular flexibility index (Phi) is 6.16. The number of carbonyl (C=O) groups excluding carboxylic acids is 2. The minimum atomic E-state index is -0.414. The molecule has 2 aromatic heterocycles. The van der Waals surface area contributed by atoms with Crippen molar-refractivity contribution in [3.63, 3.8) is 0 Å². The first-order valence-corrected chi connectivity index (χ1v) is 9.64. The average molecular weight is 394 g/mol. The number of ether oxygens (including phenoxy) is 1. The highest BCUT2D eigenvalue weighted by atomic mass is 16.5. The molecule has 0 spiro atoms. The second-order valence-electron chi connectivity index (χ2n) is 7.20.